The SMILES string of the molecule is CCOC1(c2nc(C)c(CNC)s2)CCOCC1. The number of hydrogen-bond donors (Lipinski definition) is 1. The Kier molecular flexibility index (Phi) is 4.72. The standard InChI is InChI=1S/C13H22N2O2S/c1-4-17-13(5-7-16-8-6-13)12-15-10(2)11(18-12)9-14-3/h14H,4-9H2,1-3H3. The van der Waals surface area contributed by atoms with Gasteiger partial charge in [0.05, 0.1) is 5.69 Å². The molecule has 0 bridgehead atoms. The van der Waals surface area contributed by atoms with Crippen LogP contribution in [0, 0.1) is 6.92 Å². The number of rotatable bonds is 5. The molecule has 2 rings (SSSR count). The number of thiazole rings is 1. The third-order valence-corrected chi connectivity index (χ3v) is 4.68. The van der Waals surface area contributed by atoms with E-state index < -0.39 is 0 Å². The zero-order chi connectivity index (χ0) is 13.0. The zero-order valence-electron chi connectivity index (χ0n) is 11.4. The van der Waals surface area contributed by atoms with E-state index in [0.29, 0.717) is 0 Å². The van der Waals surface area contributed by atoms with Crippen molar-refractivity contribution in [2.75, 3.05) is 26.9 Å². The van der Waals surface area contributed by atoms with Gasteiger partial charge in [-0.25, -0.2) is 4.98 Å². The second-order valence-corrected chi connectivity index (χ2v) is 5.68. The first kappa shape index (κ1) is 13.9. The van der Waals surface area contributed by atoms with Crippen LogP contribution in [-0.4, -0.2) is 31.9 Å². The Morgan fingerprint density at radius 2 is 2.17 bits per heavy atom. The molecule has 4 nitrogen and oxygen atoms in total. The molecule has 1 aliphatic heterocycles. The van der Waals surface area contributed by atoms with Crippen LogP contribution >= 0.6 is 11.3 Å². The molecule has 0 radical (unpaired) electrons. The molecule has 1 aromatic heterocycles. The van der Waals surface area contributed by atoms with Crippen molar-refractivity contribution >= 4 is 11.3 Å². The molecule has 18 heavy (non-hydrogen) atoms. The number of nitrogens with zero attached hydrogens (tertiary/aromatic N) is 1. The minimum Gasteiger partial charge on any atom is -0.381 e. The molecule has 102 valence electrons. The summed E-state index contributed by atoms with van der Waals surface area (Å²) in [7, 11) is 1.96. The maximum Gasteiger partial charge on any atom is 0.125 e. The third-order valence-electron chi connectivity index (χ3n) is 3.34. The molecule has 0 amide bonds. The lowest BCUT2D eigenvalue weighted by molar-refractivity contribution is -0.112. The molecule has 5 heteroatoms. The van der Waals surface area contributed by atoms with Crippen LogP contribution in [0.25, 0.3) is 0 Å². The first-order valence-corrected chi connectivity index (χ1v) is 7.36. The van der Waals surface area contributed by atoms with Crippen LogP contribution in [0.3, 0.4) is 0 Å². The molecule has 0 atom stereocenters. The van der Waals surface area contributed by atoms with Gasteiger partial charge in [0.25, 0.3) is 0 Å². The molecule has 0 aromatic carbocycles. The summed E-state index contributed by atoms with van der Waals surface area (Å²) in [6.45, 7) is 7.25. The number of aryl methyl sites for hydroxylation is 1. The number of aromatic nitrogens is 1. The van der Waals surface area contributed by atoms with E-state index in [9.17, 15) is 0 Å². The van der Waals surface area contributed by atoms with Gasteiger partial charge in [0, 0.05) is 44.1 Å². The van der Waals surface area contributed by atoms with Gasteiger partial charge in [0.15, 0.2) is 0 Å². The van der Waals surface area contributed by atoms with Gasteiger partial charge in [0.1, 0.15) is 10.6 Å². The molecular formula is C13H22N2O2S. The summed E-state index contributed by atoms with van der Waals surface area (Å²) in [5, 5.41) is 4.31. The number of ether oxygens (including phenoxy) is 2. The minimum absolute atomic E-state index is 0.214. The maximum atomic E-state index is 6.05. The van der Waals surface area contributed by atoms with Crippen LogP contribution in [0.2, 0.25) is 0 Å². The third kappa shape index (κ3) is 2.74. The zero-order valence-corrected chi connectivity index (χ0v) is 12.2. The Hall–Kier alpha value is -0.490. The molecule has 1 aliphatic rings. The summed E-state index contributed by atoms with van der Waals surface area (Å²) < 4.78 is 11.5. The highest BCUT2D eigenvalue weighted by Crippen LogP contribution is 2.39. The largest absolute Gasteiger partial charge is 0.381 e. The summed E-state index contributed by atoms with van der Waals surface area (Å²) in [6, 6.07) is 0. The minimum atomic E-state index is -0.214. The van der Waals surface area contributed by atoms with Crippen molar-refractivity contribution in [3.63, 3.8) is 0 Å². The summed E-state index contributed by atoms with van der Waals surface area (Å²) in [5.74, 6) is 0. The molecule has 1 N–H and O–H groups in total. The molecule has 0 spiro atoms. The summed E-state index contributed by atoms with van der Waals surface area (Å²) in [4.78, 5) is 6.05. The summed E-state index contributed by atoms with van der Waals surface area (Å²) in [5.41, 5.74) is 0.906. The van der Waals surface area contributed by atoms with Crippen molar-refractivity contribution in [2.24, 2.45) is 0 Å². The van der Waals surface area contributed by atoms with E-state index in [4.69, 9.17) is 14.5 Å². The van der Waals surface area contributed by atoms with E-state index in [1.165, 1.54) is 4.88 Å². The van der Waals surface area contributed by atoms with Crippen LogP contribution in [0.4, 0.5) is 0 Å². The van der Waals surface area contributed by atoms with Gasteiger partial charge in [-0.1, -0.05) is 0 Å². The molecule has 0 saturated carbocycles. The van der Waals surface area contributed by atoms with Crippen molar-refractivity contribution in [1.82, 2.24) is 10.3 Å². The topological polar surface area (TPSA) is 43.4 Å². The van der Waals surface area contributed by atoms with Gasteiger partial charge in [-0.15, -0.1) is 11.3 Å². The molecule has 2 heterocycles. The van der Waals surface area contributed by atoms with Gasteiger partial charge in [0.2, 0.25) is 0 Å². The fraction of sp³-hybridized carbons (Fsp3) is 0.769. The Labute approximate surface area is 113 Å². The fourth-order valence-electron chi connectivity index (χ4n) is 2.34. The average molecular weight is 270 g/mol. The lowest BCUT2D eigenvalue weighted by atomic mass is 9.95. The van der Waals surface area contributed by atoms with Crippen molar-refractivity contribution in [3.8, 4) is 0 Å². The molecule has 1 fully saturated rings. The highest BCUT2D eigenvalue weighted by Gasteiger charge is 2.38. The number of hydrogen-bond acceptors (Lipinski definition) is 5. The molecule has 1 saturated heterocycles. The van der Waals surface area contributed by atoms with Gasteiger partial charge >= 0.3 is 0 Å². The van der Waals surface area contributed by atoms with E-state index in [-0.39, 0.29) is 5.60 Å². The van der Waals surface area contributed by atoms with E-state index in [1.807, 2.05) is 14.0 Å². The summed E-state index contributed by atoms with van der Waals surface area (Å²) >= 11 is 1.78. The quantitative estimate of drug-likeness (QED) is 0.891. The van der Waals surface area contributed by atoms with Crippen LogP contribution in [0.1, 0.15) is 35.3 Å². The second kappa shape index (κ2) is 6.10. The van der Waals surface area contributed by atoms with E-state index in [2.05, 4.69) is 12.2 Å². The number of nitrogens with one attached hydrogen (secondary N) is 1. The Morgan fingerprint density at radius 3 is 2.78 bits per heavy atom. The van der Waals surface area contributed by atoms with Crippen molar-refractivity contribution < 1.29 is 9.47 Å². The lowest BCUT2D eigenvalue weighted by Gasteiger charge is -2.35. The highest BCUT2D eigenvalue weighted by molar-refractivity contribution is 7.11. The Morgan fingerprint density at radius 1 is 1.44 bits per heavy atom. The van der Waals surface area contributed by atoms with E-state index in [0.717, 1.165) is 49.9 Å². The lowest BCUT2D eigenvalue weighted by Crippen LogP contribution is -2.36. The van der Waals surface area contributed by atoms with Crippen molar-refractivity contribution in [1.29, 1.82) is 0 Å². The van der Waals surface area contributed by atoms with Crippen LogP contribution in [0.5, 0.6) is 0 Å². The van der Waals surface area contributed by atoms with E-state index in [1.54, 1.807) is 11.3 Å². The first-order chi connectivity index (χ1) is 8.72. The van der Waals surface area contributed by atoms with Crippen LogP contribution < -0.4 is 5.32 Å². The first-order valence-electron chi connectivity index (χ1n) is 6.55. The van der Waals surface area contributed by atoms with E-state index >= 15 is 0 Å². The van der Waals surface area contributed by atoms with Gasteiger partial charge in [-0.05, 0) is 20.9 Å². The maximum absolute atomic E-state index is 6.05. The normalized spacial score (nSPS) is 19.1. The predicted molar refractivity (Wildman–Crippen MR) is 73.0 cm³/mol. The van der Waals surface area contributed by atoms with Gasteiger partial charge in [-0.3, -0.25) is 0 Å². The second-order valence-electron chi connectivity index (χ2n) is 4.60. The van der Waals surface area contributed by atoms with Crippen LogP contribution in [-0.2, 0) is 21.6 Å². The molecule has 0 unspecified atom stereocenters. The Balaban J connectivity index is 2.27. The monoisotopic (exact) mass is 270 g/mol. The summed E-state index contributed by atoms with van der Waals surface area (Å²) in [6.07, 6.45) is 1.82. The molecule has 1 aromatic rings. The molecular weight excluding hydrogens is 248 g/mol. The Bertz CT molecular complexity index is 381. The van der Waals surface area contributed by atoms with Crippen LogP contribution in [0.15, 0.2) is 0 Å². The predicted octanol–water partition coefficient (Wildman–Crippen LogP) is 2.21. The average Bonchev–Trinajstić information content (AvgIpc) is 2.74. The smallest absolute Gasteiger partial charge is 0.125 e. The molecule has 0 aliphatic carbocycles. The van der Waals surface area contributed by atoms with Crippen molar-refractivity contribution in [3.05, 3.63) is 15.6 Å². The van der Waals surface area contributed by atoms with Gasteiger partial charge in [-0.2, -0.15) is 0 Å². The van der Waals surface area contributed by atoms with Crippen molar-refractivity contribution in [2.45, 2.75) is 38.8 Å². The van der Waals surface area contributed by atoms with Gasteiger partial charge < -0.3 is 14.8 Å². The fourth-order valence-corrected chi connectivity index (χ4v) is 3.62. The highest BCUT2D eigenvalue weighted by atomic mass is 32.1.